The predicted molar refractivity (Wildman–Crippen MR) is 76.8 cm³/mol. The molecular weight excluding hydrogens is 222 g/mol. The minimum atomic E-state index is 0.361. The van der Waals surface area contributed by atoms with Crippen molar-refractivity contribution in [2.45, 2.75) is 39.2 Å². The molecule has 0 heterocycles. The molecular formula is C16H23NO. The zero-order valence-electron chi connectivity index (χ0n) is 11.4. The second-order valence-electron chi connectivity index (χ2n) is 4.51. The fourth-order valence-corrected chi connectivity index (χ4v) is 1.79. The minimum Gasteiger partial charge on any atom is -0.494 e. The molecule has 0 radical (unpaired) electrons. The summed E-state index contributed by atoms with van der Waals surface area (Å²) in [5, 5.41) is 3.45. The molecule has 0 bridgehead atoms. The summed E-state index contributed by atoms with van der Waals surface area (Å²) in [6.07, 6.45) is 8.20. The van der Waals surface area contributed by atoms with E-state index in [0.29, 0.717) is 12.6 Å². The van der Waals surface area contributed by atoms with E-state index in [0.717, 1.165) is 31.6 Å². The molecule has 98 valence electrons. The van der Waals surface area contributed by atoms with Crippen molar-refractivity contribution in [3.8, 4) is 18.1 Å². The van der Waals surface area contributed by atoms with Crippen molar-refractivity contribution in [3.05, 3.63) is 29.8 Å². The number of hydrogen-bond acceptors (Lipinski definition) is 2. The highest BCUT2D eigenvalue weighted by atomic mass is 16.5. The van der Waals surface area contributed by atoms with Gasteiger partial charge >= 0.3 is 0 Å². The lowest BCUT2D eigenvalue weighted by Gasteiger charge is -2.16. The minimum absolute atomic E-state index is 0.361. The van der Waals surface area contributed by atoms with E-state index in [1.807, 2.05) is 12.1 Å². The summed E-state index contributed by atoms with van der Waals surface area (Å²) in [4.78, 5) is 0. The van der Waals surface area contributed by atoms with Crippen LogP contribution < -0.4 is 10.1 Å². The van der Waals surface area contributed by atoms with Gasteiger partial charge < -0.3 is 10.1 Å². The number of ether oxygens (including phenoxy) is 1. The maximum atomic E-state index is 5.74. The van der Waals surface area contributed by atoms with Crippen LogP contribution in [-0.4, -0.2) is 19.2 Å². The quantitative estimate of drug-likeness (QED) is 0.710. The SMILES string of the molecule is C#CCC(CCOc1cccc(C)c1)NCCC. The van der Waals surface area contributed by atoms with Crippen LogP contribution in [0.3, 0.4) is 0 Å². The first-order valence-corrected chi connectivity index (χ1v) is 6.62. The Bertz CT molecular complexity index is 381. The van der Waals surface area contributed by atoms with Crippen molar-refractivity contribution >= 4 is 0 Å². The van der Waals surface area contributed by atoms with Crippen LogP contribution in [0.2, 0.25) is 0 Å². The van der Waals surface area contributed by atoms with E-state index >= 15 is 0 Å². The van der Waals surface area contributed by atoms with Crippen molar-refractivity contribution in [3.63, 3.8) is 0 Å². The molecule has 0 spiro atoms. The highest BCUT2D eigenvalue weighted by Crippen LogP contribution is 2.13. The van der Waals surface area contributed by atoms with Crippen LogP contribution in [0, 0.1) is 19.3 Å². The van der Waals surface area contributed by atoms with E-state index in [2.05, 4.69) is 37.2 Å². The number of nitrogens with one attached hydrogen (secondary N) is 1. The summed E-state index contributed by atoms with van der Waals surface area (Å²) in [7, 11) is 0. The lowest BCUT2D eigenvalue weighted by Crippen LogP contribution is -2.31. The molecule has 2 heteroatoms. The van der Waals surface area contributed by atoms with Gasteiger partial charge in [0.1, 0.15) is 5.75 Å². The smallest absolute Gasteiger partial charge is 0.119 e. The normalized spacial score (nSPS) is 11.8. The third-order valence-electron chi connectivity index (χ3n) is 2.77. The number of benzene rings is 1. The standard InChI is InChI=1S/C16H23NO/c1-4-7-15(17-11-5-2)10-12-18-16-9-6-8-14(3)13-16/h1,6,8-9,13,15,17H,5,7,10-12H2,2-3H3. The van der Waals surface area contributed by atoms with Gasteiger partial charge in [0.05, 0.1) is 6.61 Å². The predicted octanol–water partition coefficient (Wildman–Crippen LogP) is 3.16. The molecule has 0 fully saturated rings. The average Bonchev–Trinajstić information content (AvgIpc) is 2.36. The van der Waals surface area contributed by atoms with Crippen LogP contribution in [0.4, 0.5) is 0 Å². The topological polar surface area (TPSA) is 21.3 Å². The first kappa shape index (κ1) is 14.6. The van der Waals surface area contributed by atoms with E-state index in [1.54, 1.807) is 0 Å². The second kappa shape index (κ2) is 8.60. The van der Waals surface area contributed by atoms with Gasteiger partial charge in [-0.25, -0.2) is 0 Å². The molecule has 1 N–H and O–H groups in total. The average molecular weight is 245 g/mol. The van der Waals surface area contributed by atoms with Gasteiger partial charge in [-0.3, -0.25) is 0 Å². The van der Waals surface area contributed by atoms with E-state index in [9.17, 15) is 0 Å². The zero-order valence-corrected chi connectivity index (χ0v) is 11.4. The van der Waals surface area contributed by atoms with Gasteiger partial charge in [0.15, 0.2) is 0 Å². The summed E-state index contributed by atoms with van der Waals surface area (Å²) >= 11 is 0. The lowest BCUT2D eigenvalue weighted by atomic mass is 10.1. The Labute approximate surface area is 111 Å². The Morgan fingerprint density at radius 3 is 2.94 bits per heavy atom. The molecule has 1 rings (SSSR count). The Hall–Kier alpha value is -1.46. The largest absolute Gasteiger partial charge is 0.494 e. The van der Waals surface area contributed by atoms with Gasteiger partial charge in [0.2, 0.25) is 0 Å². The van der Waals surface area contributed by atoms with Gasteiger partial charge in [0.25, 0.3) is 0 Å². The monoisotopic (exact) mass is 245 g/mol. The Kier molecular flexibility index (Phi) is 6.98. The molecule has 1 aromatic carbocycles. The van der Waals surface area contributed by atoms with Crippen LogP contribution in [0.25, 0.3) is 0 Å². The van der Waals surface area contributed by atoms with Gasteiger partial charge in [-0.05, 0) is 44.0 Å². The number of aryl methyl sites for hydroxylation is 1. The van der Waals surface area contributed by atoms with Crippen LogP contribution in [-0.2, 0) is 0 Å². The molecule has 0 saturated heterocycles. The van der Waals surface area contributed by atoms with Crippen LogP contribution in [0.5, 0.6) is 5.75 Å². The molecule has 0 aliphatic carbocycles. The second-order valence-corrected chi connectivity index (χ2v) is 4.51. The Morgan fingerprint density at radius 1 is 1.44 bits per heavy atom. The zero-order chi connectivity index (χ0) is 13.2. The maximum Gasteiger partial charge on any atom is 0.119 e. The lowest BCUT2D eigenvalue weighted by molar-refractivity contribution is 0.286. The van der Waals surface area contributed by atoms with Crippen LogP contribution in [0.15, 0.2) is 24.3 Å². The number of terminal acetylenes is 1. The van der Waals surface area contributed by atoms with Crippen LogP contribution in [0.1, 0.15) is 31.7 Å². The third kappa shape index (κ3) is 5.75. The molecule has 0 aliphatic heterocycles. The van der Waals surface area contributed by atoms with Crippen molar-refractivity contribution < 1.29 is 4.74 Å². The summed E-state index contributed by atoms with van der Waals surface area (Å²) < 4.78 is 5.74. The van der Waals surface area contributed by atoms with E-state index in [4.69, 9.17) is 11.2 Å². The summed E-state index contributed by atoms with van der Waals surface area (Å²) in [6, 6.07) is 8.48. The molecule has 2 nitrogen and oxygen atoms in total. The summed E-state index contributed by atoms with van der Waals surface area (Å²) in [6.45, 7) is 5.93. The van der Waals surface area contributed by atoms with Gasteiger partial charge in [-0.15, -0.1) is 12.3 Å². The van der Waals surface area contributed by atoms with E-state index in [1.165, 1.54) is 5.56 Å². The number of rotatable bonds is 8. The van der Waals surface area contributed by atoms with E-state index < -0.39 is 0 Å². The summed E-state index contributed by atoms with van der Waals surface area (Å²) in [5.74, 6) is 3.65. The molecule has 0 aromatic heterocycles. The molecule has 0 aliphatic rings. The molecule has 1 aromatic rings. The Balaban J connectivity index is 2.32. The molecule has 0 amide bonds. The van der Waals surface area contributed by atoms with Gasteiger partial charge in [-0.2, -0.15) is 0 Å². The van der Waals surface area contributed by atoms with Gasteiger partial charge in [-0.1, -0.05) is 19.1 Å². The number of hydrogen-bond donors (Lipinski definition) is 1. The van der Waals surface area contributed by atoms with Crippen molar-refractivity contribution in [2.75, 3.05) is 13.2 Å². The molecule has 18 heavy (non-hydrogen) atoms. The van der Waals surface area contributed by atoms with Crippen molar-refractivity contribution in [1.82, 2.24) is 5.32 Å². The molecule has 1 atom stereocenters. The highest BCUT2D eigenvalue weighted by Gasteiger charge is 2.06. The van der Waals surface area contributed by atoms with E-state index in [-0.39, 0.29) is 0 Å². The third-order valence-corrected chi connectivity index (χ3v) is 2.77. The Morgan fingerprint density at radius 2 is 2.28 bits per heavy atom. The van der Waals surface area contributed by atoms with Gasteiger partial charge in [0, 0.05) is 12.5 Å². The molecule has 1 unspecified atom stereocenters. The summed E-state index contributed by atoms with van der Waals surface area (Å²) in [5.41, 5.74) is 1.22. The first-order valence-electron chi connectivity index (χ1n) is 6.62. The highest BCUT2D eigenvalue weighted by molar-refractivity contribution is 5.27. The molecule has 0 saturated carbocycles. The van der Waals surface area contributed by atoms with Crippen molar-refractivity contribution in [1.29, 1.82) is 0 Å². The maximum absolute atomic E-state index is 5.74. The fraction of sp³-hybridized carbons (Fsp3) is 0.500. The first-order chi connectivity index (χ1) is 8.76. The van der Waals surface area contributed by atoms with Crippen LogP contribution >= 0.6 is 0 Å². The van der Waals surface area contributed by atoms with Crippen molar-refractivity contribution in [2.24, 2.45) is 0 Å². The fourth-order valence-electron chi connectivity index (χ4n) is 1.79.